The van der Waals surface area contributed by atoms with Crippen LogP contribution in [0.2, 0.25) is 0 Å². The Kier molecular flexibility index (Phi) is 3.08. The molecule has 0 fully saturated rings. The summed E-state index contributed by atoms with van der Waals surface area (Å²) in [7, 11) is -2.95. The summed E-state index contributed by atoms with van der Waals surface area (Å²) < 4.78 is 22.9. The van der Waals surface area contributed by atoms with E-state index < -0.39 is 9.84 Å². The Morgan fingerprint density at radius 2 is 1.88 bits per heavy atom. The summed E-state index contributed by atoms with van der Waals surface area (Å²) in [5.74, 6) is 0.463. The minimum Gasteiger partial charge on any atom is -0.299 e. The SMILES string of the molecule is CC(C)C(=O)Cc1ccc2c(c1)CS(=O)(=O)C2. The molecule has 1 aliphatic rings. The number of hydrogen-bond donors (Lipinski definition) is 0. The maximum absolute atomic E-state index is 11.6. The predicted octanol–water partition coefficient (Wildman–Crippen LogP) is 1.88. The van der Waals surface area contributed by atoms with Gasteiger partial charge in [-0.05, 0) is 16.7 Å². The Morgan fingerprint density at radius 3 is 2.53 bits per heavy atom. The van der Waals surface area contributed by atoms with E-state index in [1.165, 1.54) is 0 Å². The van der Waals surface area contributed by atoms with Crippen LogP contribution in [-0.2, 0) is 32.6 Å². The molecule has 17 heavy (non-hydrogen) atoms. The lowest BCUT2D eigenvalue weighted by Gasteiger charge is -2.05. The first-order chi connectivity index (χ1) is 7.87. The van der Waals surface area contributed by atoms with Crippen molar-refractivity contribution in [3.63, 3.8) is 0 Å². The van der Waals surface area contributed by atoms with E-state index >= 15 is 0 Å². The fourth-order valence-electron chi connectivity index (χ4n) is 1.99. The van der Waals surface area contributed by atoms with Gasteiger partial charge in [-0.2, -0.15) is 0 Å². The normalized spacial score (nSPS) is 17.1. The van der Waals surface area contributed by atoms with Crippen LogP contribution in [0.4, 0.5) is 0 Å². The van der Waals surface area contributed by atoms with E-state index in [1.54, 1.807) is 0 Å². The van der Waals surface area contributed by atoms with Gasteiger partial charge in [0.1, 0.15) is 5.78 Å². The summed E-state index contributed by atoms with van der Waals surface area (Å²) in [5.41, 5.74) is 2.66. The summed E-state index contributed by atoms with van der Waals surface area (Å²) in [5, 5.41) is 0. The van der Waals surface area contributed by atoms with Gasteiger partial charge >= 0.3 is 0 Å². The van der Waals surface area contributed by atoms with Crippen LogP contribution in [0, 0.1) is 5.92 Å². The third-order valence-electron chi connectivity index (χ3n) is 3.04. The molecule has 92 valence electrons. The van der Waals surface area contributed by atoms with Gasteiger partial charge in [0.15, 0.2) is 9.84 Å². The monoisotopic (exact) mass is 252 g/mol. The van der Waals surface area contributed by atoms with Crippen molar-refractivity contribution in [1.29, 1.82) is 0 Å². The second-order valence-corrected chi connectivity index (χ2v) is 7.00. The predicted molar refractivity (Wildman–Crippen MR) is 66.3 cm³/mol. The van der Waals surface area contributed by atoms with Gasteiger partial charge in [0, 0.05) is 12.3 Å². The molecule has 0 N–H and O–H groups in total. The Morgan fingerprint density at radius 1 is 1.24 bits per heavy atom. The van der Waals surface area contributed by atoms with Crippen molar-refractivity contribution < 1.29 is 13.2 Å². The molecule has 3 nitrogen and oxygen atoms in total. The quantitative estimate of drug-likeness (QED) is 0.825. The summed E-state index contributed by atoms with van der Waals surface area (Å²) in [4.78, 5) is 11.6. The highest BCUT2D eigenvalue weighted by atomic mass is 32.2. The number of benzene rings is 1. The number of carbonyl (C=O) groups excluding carboxylic acids is 1. The van der Waals surface area contributed by atoms with E-state index in [9.17, 15) is 13.2 Å². The molecule has 0 spiro atoms. The molecule has 0 bridgehead atoms. The lowest BCUT2D eigenvalue weighted by atomic mass is 9.98. The fraction of sp³-hybridized carbons (Fsp3) is 0.462. The van der Waals surface area contributed by atoms with Crippen molar-refractivity contribution in [3.05, 3.63) is 34.9 Å². The number of Topliss-reactive ketones (excluding diaryl/α,β-unsaturated/α-hetero) is 1. The first kappa shape index (κ1) is 12.3. The van der Waals surface area contributed by atoms with Crippen molar-refractivity contribution in [2.24, 2.45) is 5.92 Å². The smallest absolute Gasteiger partial charge is 0.158 e. The fourth-order valence-corrected chi connectivity index (χ4v) is 3.59. The second kappa shape index (κ2) is 4.26. The van der Waals surface area contributed by atoms with Gasteiger partial charge in [-0.25, -0.2) is 8.42 Å². The number of rotatable bonds is 3. The Hall–Kier alpha value is -1.16. The molecule has 1 aromatic rings. The van der Waals surface area contributed by atoms with E-state index in [4.69, 9.17) is 0 Å². The molecule has 0 amide bonds. The zero-order valence-corrected chi connectivity index (χ0v) is 10.9. The molecule has 1 aromatic carbocycles. The third kappa shape index (κ3) is 2.75. The van der Waals surface area contributed by atoms with Crippen LogP contribution in [0.1, 0.15) is 30.5 Å². The maximum atomic E-state index is 11.6. The Balaban J connectivity index is 2.22. The molecule has 0 saturated carbocycles. The number of carbonyl (C=O) groups is 1. The van der Waals surface area contributed by atoms with E-state index in [0.29, 0.717) is 6.42 Å². The van der Waals surface area contributed by atoms with Crippen LogP contribution in [-0.4, -0.2) is 14.2 Å². The van der Waals surface area contributed by atoms with Gasteiger partial charge in [0.05, 0.1) is 11.5 Å². The number of hydrogen-bond acceptors (Lipinski definition) is 3. The zero-order valence-electron chi connectivity index (χ0n) is 10.1. The molecule has 0 aliphatic carbocycles. The first-order valence-corrected chi connectivity index (χ1v) is 7.53. The average molecular weight is 252 g/mol. The summed E-state index contributed by atoms with van der Waals surface area (Å²) in [6.07, 6.45) is 0.394. The lowest BCUT2D eigenvalue weighted by molar-refractivity contribution is -0.121. The highest BCUT2D eigenvalue weighted by Gasteiger charge is 2.24. The largest absolute Gasteiger partial charge is 0.299 e. The molecule has 0 radical (unpaired) electrons. The molecule has 2 rings (SSSR count). The second-order valence-electron chi connectivity index (χ2n) is 4.93. The number of ketones is 1. The molecular formula is C13H16O3S. The lowest BCUT2D eigenvalue weighted by Crippen LogP contribution is -2.10. The van der Waals surface area contributed by atoms with Gasteiger partial charge in [-0.3, -0.25) is 4.79 Å². The van der Waals surface area contributed by atoms with Crippen LogP contribution in [0.15, 0.2) is 18.2 Å². The highest BCUT2D eigenvalue weighted by Crippen LogP contribution is 2.26. The average Bonchev–Trinajstić information content (AvgIpc) is 2.50. The van der Waals surface area contributed by atoms with Crippen molar-refractivity contribution >= 4 is 15.6 Å². The zero-order chi connectivity index (χ0) is 12.6. The minimum atomic E-state index is -2.95. The Bertz CT molecular complexity index is 556. The van der Waals surface area contributed by atoms with Gasteiger partial charge in [-0.1, -0.05) is 32.0 Å². The van der Waals surface area contributed by atoms with E-state index in [2.05, 4.69) is 0 Å². The highest BCUT2D eigenvalue weighted by molar-refractivity contribution is 7.90. The van der Waals surface area contributed by atoms with Gasteiger partial charge < -0.3 is 0 Å². The van der Waals surface area contributed by atoms with Crippen molar-refractivity contribution in [3.8, 4) is 0 Å². The molecule has 1 aliphatic heterocycles. The summed E-state index contributed by atoms with van der Waals surface area (Å²) in [6, 6.07) is 5.56. The summed E-state index contributed by atoms with van der Waals surface area (Å²) in [6.45, 7) is 3.75. The van der Waals surface area contributed by atoms with E-state index in [-0.39, 0.29) is 23.2 Å². The van der Waals surface area contributed by atoms with Crippen LogP contribution in [0.5, 0.6) is 0 Å². The topological polar surface area (TPSA) is 51.2 Å². The van der Waals surface area contributed by atoms with Crippen LogP contribution in [0.25, 0.3) is 0 Å². The molecular weight excluding hydrogens is 236 g/mol. The van der Waals surface area contributed by atoms with E-state index in [0.717, 1.165) is 16.7 Å². The van der Waals surface area contributed by atoms with Gasteiger partial charge in [-0.15, -0.1) is 0 Å². The van der Waals surface area contributed by atoms with Crippen LogP contribution < -0.4 is 0 Å². The van der Waals surface area contributed by atoms with Crippen molar-refractivity contribution in [1.82, 2.24) is 0 Å². The standard InChI is InChI=1S/C13H16O3S/c1-9(2)13(14)6-10-3-4-11-7-17(15,16)8-12(11)5-10/h3-5,9H,6-8H2,1-2H3. The molecule has 0 atom stereocenters. The minimum absolute atomic E-state index is 0.0204. The molecule has 0 aromatic heterocycles. The molecule has 0 saturated heterocycles. The molecule has 1 heterocycles. The van der Waals surface area contributed by atoms with Gasteiger partial charge in [0.2, 0.25) is 0 Å². The molecule has 0 unspecified atom stereocenters. The van der Waals surface area contributed by atoms with Gasteiger partial charge in [0.25, 0.3) is 0 Å². The van der Waals surface area contributed by atoms with E-state index in [1.807, 2.05) is 32.0 Å². The first-order valence-electron chi connectivity index (χ1n) is 5.71. The van der Waals surface area contributed by atoms with Crippen molar-refractivity contribution in [2.75, 3.05) is 0 Å². The Labute approximate surface area is 102 Å². The molecule has 4 heteroatoms. The maximum Gasteiger partial charge on any atom is 0.158 e. The number of sulfone groups is 1. The third-order valence-corrected chi connectivity index (χ3v) is 4.55. The van der Waals surface area contributed by atoms with Crippen molar-refractivity contribution in [2.45, 2.75) is 31.8 Å². The number of fused-ring (bicyclic) bond motifs is 1. The van der Waals surface area contributed by atoms with Crippen LogP contribution in [0.3, 0.4) is 0 Å². The summed E-state index contributed by atoms with van der Waals surface area (Å²) >= 11 is 0. The van der Waals surface area contributed by atoms with Crippen LogP contribution >= 0.6 is 0 Å².